The molecule has 1 aromatic rings. The fourth-order valence-corrected chi connectivity index (χ4v) is 1.43. The summed E-state index contributed by atoms with van der Waals surface area (Å²) in [7, 11) is 0. The van der Waals surface area contributed by atoms with Gasteiger partial charge in [0.1, 0.15) is 0 Å². The molecule has 1 unspecified atom stereocenters. The van der Waals surface area contributed by atoms with E-state index in [4.69, 9.17) is 5.73 Å². The molecule has 1 aromatic heterocycles. The third-order valence-corrected chi connectivity index (χ3v) is 2.44. The van der Waals surface area contributed by atoms with E-state index in [0.29, 0.717) is 11.7 Å². The van der Waals surface area contributed by atoms with Gasteiger partial charge in [0.05, 0.1) is 5.92 Å². The van der Waals surface area contributed by atoms with E-state index in [-0.39, 0.29) is 17.7 Å². The topological polar surface area (TPSA) is 93.8 Å². The van der Waals surface area contributed by atoms with Gasteiger partial charge in [-0.2, -0.15) is 0 Å². The molecule has 0 fully saturated rings. The molecule has 3 N–H and O–H groups in total. The molecule has 14 heavy (non-hydrogen) atoms. The third-order valence-electron chi connectivity index (χ3n) is 1.92. The number of rotatable bonds is 4. The number of amides is 1. The van der Waals surface area contributed by atoms with Crippen molar-refractivity contribution in [3.63, 3.8) is 0 Å². The Morgan fingerprint density at radius 3 is 2.79 bits per heavy atom. The Morgan fingerprint density at radius 2 is 2.36 bits per heavy atom. The molecule has 0 aromatic carbocycles. The van der Waals surface area contributed by atoms with E-state index in [9.17, 15) is 4.79 Å². The Morgan fingerprint density at radius 1 is 1.64 bits per heavy atom. The first-order chi connectivity index (χ1) is 6.65. The molecule has 0 bridgehead atoms. The number of aromatic nitrogens is 3. The van der Waals surface area contributed by atoms with Crippen LogP contribution >= 0.6 is 11.5 Å². The Balaban J connectivity index is 2.56. The van der Waals surface area contributed by atoms with E-state index in [1.807, 2.05) is 13.8 Å². The maximum Gasteiger partial charge on any atom is 0.231 e. The average molecular weight is 215 g/mol. The maximum atomic E-state index is 11.6. The van der Waals surface area contributed by atoms with Crippen LogP contribution in [0.3, 0.4) is 0 Å². The van der Waals surface area contributed by atoms with Crippen molar-refractivity contribution in [2.24, 2.45) is 17.6 Å². The van der Waals surface area contributed by atoms with E-state index in [0.717, 1.165) is 11.5 Å². The summed E-state index contributed by atoms with van der Waals surface area (Å²) in [5.74, 6) is -0.110. The lowest BCUT2D eigenvalue weighted by atomic mass is 9.95. The fourth-order valence-electron chi connectivity index (χ4n) is 1.06. The molecule has 7 heteroatoms. The Bertz CT molecular complexity index is 286. The minimum atomic E-state index is -0.195. The second-order valence-corrected chi connectivity index (χ2v) is 3.98. The number of hydrogen-bond acceptors (Lipinski definition) is 6. The Hall–Kier alpha value is -1.08. The molecule has 0 aliphatic carbocycles. The molecular weight excluding hydrogens is 202 g/mol. The lowest BCUT2D eigenvalue weighted by Gasteiger charge is -2.16. The van der Waals surface area contributed by atoms with Crippen LogP contribution in [0.1, 0.15) is 13.8 Å². The zero-order valence-electron chi connectivity index (χ0n) is 8.10. The van der Waals surface area contributed by atoms with Crippen molar-refractivity contribution in [3.05, 3.63) is 0 Å². The highest BCUT2D eigenvalue weighted by molar-refractivity contribution is 7.09. The number of anilines is 1. The van der Waals surface area contributed by atoms with Crippen LogP contribution in [0.2, 0.25) is 0 Å². The van der Waals surface area contributed by atoms with Gasteiger partial charge in [0.25, 0.3) is 0 Å². The Labute approximate surface area is 86.0 Å². The van der Waals surface area contributed by atoms with Crippen LogP contribution in [-0.4, -0.2) is 27.3 Å². The second kappa shape index (κ2) is 4.97. The van der Waals surface area contributed by atoms with Crippen LogP contribution in [0.25, 0.3) is 0 Å². The summed E-state index contributed by atoms with van der Waals surface area (Å²) >= 11 is 1.05. The molecule has 0 aliphatic heterocycles. The summed E-state index contributed by atoms with van der Waals surface area (Å²) in [5, 5.41) is 10.0. The lowest BCUT2D eigenvalue weighted by molar-refractivity contribution is -0.120. The molecular formula is C7H13N5OS. The largest absolute Gasteiger partial charge is 0.330 e. The number of nitrogens with zero attached hydrogens (tertiary/aromatic N) is 3. The number of carbonyl (C=O) groups excluding carboxylic acids is 1. The number of carbonyl (C=O) groups is 1. The number of nitrogens with two attached hydrogens (primary N) is 1. The van der Waals surface area contributed by atoms with Crippen molar-refractivity contribution >= 4 is 22.6 Å². The highest BCUT2D eigenvalue weighted by Crippen LogP contribution is 2.13. The first kappa shape index (κ1) is 11.0. The van der Waals surface area contributed by atoms with Gasteiger partial charge in [0.2, 0.25) is 11.0 Å². The molecule has 0 radical (unpaired) electrons. The minimum absolute atomic E-state index is 0.124. The van der Waals surface area contributed by atoms with Gasteiger partial charge in [-0.3, -0.25) is 10.1 Å². The third kappa shape index (κ3) is 2.71. The molecule has 6 nitrogen and oxygen atoms in total. The van der Waals surface area contributed by atoms with E-state index >= 15 is 0 Å². The van der Waals surface area contributed by atoms with Crippen LogP contribution < -0.4 is 11.1 Å². The van der Waals surface area contributed by atoms with E-state index in [1.165, 1.54) is 0 Å². The van der Waals surface area contributed by atoms with Crippen molar-refractivity contribution in [1.82, 2.24) is 14.8 Å². The number of nitrogens with one attached hydrogen (secondary N) is 1. The molecule has 0 spiro atoms. The fraction of sp³-hybridized carbons (Fsp3) is 0.714. The molecule has 0 saturated heterocycles. The predicted molar refractivity (Wildman–Crippen MR) is 53.7 cm³/mol. The first-order valence-electron chi connectivity index (χ1n) is 4.31. The van der Waals surface area contributed by atoms with Crippen LogP contribution in [0, 0.1) is 11.8 Å². The van der Waals surface area contributed by atoms with Gasteiger partial charge in [-0.05, 0) is 11.1 Å². The molecule has 1 amide bonds. The lowest BCUT2D eigenvalue weighted by Crippen LogP contribution is -2.33. The van der Waals surface area contributed by atoms with Gasteiger partial charge in [-0.1, -0.05) is 23.4 Å². The Kier molecular flexibility index (Phi) is 3.90. The zero-order valence-corrected chi connectivity index (χ0v) is 8.91. The van der Waals surface area contributed by atoms with Crippen LogP contribution in [0.4, 0.5) is 5.13 Å². The second-order valence-electron chi connectivity index (χ2n) is 3.24. The van der Waals surface area contributed by atoms with Gasteiger partial charge in [-0.15, -0.1) is 0 Å². The van der Waals surface area contributed by atoms with Crippen molar-refractivity contribution in [3.8, 4) is 0 Å². The van der Waals surface area contributed by atoms with E-state index < -0.39 is 0 Å². The van der Waals surface area contributed by atoms with Crippen LogP contribution in [0.15, 0.2) is 0 Å². The summed E-state index contributed by atoms with van der Waals surface area (Å²) in [5.41, 5.74) is 5.49. The quantitative estimate of drug-likeness (QED) is 0.743. The number of hydrogen-bond donors (Lipinski definition) is 2. The van der Waals surface area contributed by atoms with Crippen molar-refractivity contribution < 1.29 is 4.79 Å². The summed E-state index contributed by atoms with van der Waals surface area (Å²) in [6.45, 7) is 4.24. The van der Waals surface area contributed by atoms with Gasteiger partial charge in [0, 0.05) is 18.1 Å². The summed E-state index contributed by atoms with van der Waals surface area (Å²) in [4.78, 5) is 11.6. The molecule has 1 rings (SSSR count). The molecule has 1 atom stereocenters. The zero-order chi connectivity index (χ0) is 10.6. The smallest absolute Gasteiger partial charge is 0.231 e. The standard InChI is InChI=1S/C7H13N5OS/c1-4(2)5(3-8)6(13)9-7-10-11-12-14-7/h4-5H,3,8H2,1-2H3,(H,9,10,12,13). The maximum absolute atomic E-state index is 11.6. The van der Waals surface area contributed by atoms with Gasteiger partial charge in [0.15, 0.2) is 0 Å². The molecule has 1 heterocycles. The van der Waals surface area contributed by atoms with E-state index in [1.54, 1.807) is 0 Å². The van der Waals surface area contributed by atoms with Crippen molar-refractivity contribution in [1.29, 1.82) is 0 Å². The van der Waals surface area contributed by atoms with Crippen molar-refractivity contribution in [2.45, 2.75) is 13.8 Å². The van der Waals surface area contributed by atoms with E-state index in [2.05, 4.69) is 20.1 Å². The van der Waals surface area contributed by atoms with Crippen LogP contribution in [-0.2, 0) is 4.79 Å². The molecule has 78 valence electrons. The highest BCUT2D eigenvalue weighted by atomic mass is 32.1. The van der Waals surface area contributed by atoms with Gasteiger partial charge >= 0.3 is 0 Å². The average Bonchev–Trinajstić information content (AvgIpc) is 2.57. The normalized spacial score (nSPS) is 12.9. The van der Waals surface area contributed by atoms with Gasteiger partial charge in [-0.25, -0.2) is 0 Å². The van der Waals surface area contributed by atoms with Crippen LogP contribution in [0.5, 0.6) is 0 Å². The monoisotopic (exact) mass is 215 g/mol. The minimum Gasteiger partial charge on any atom is -0.330 e. The first-order valence-corrected chi connectivity index (χ1v) is 5.08. The summed E-state index contributed by atoms with van der Waals surface area (Å²) in [6, 6.07) is 0. The van der Waals surface area contributed by atoms with Crippen molar-refractivity contribution in [2.75, 3.05) is 11.9 Å². The highest BCUT2D eigenvalue weighted by Gasteiger charge is 2.21. The summed E-state index contributed by atoms with van der Waals surface area (Å²) in [6.07, 6.45) is 0. The summed E-state index contributed by atoms with van der Waals surface area (Å²) < 4.78 is 3.54. The molecule has 0 aliphatic rings. The van der Waals surface area contributed by atoms with Gasteiger partial charge < -0.3 is 5.73 Å². The SMILES string of the molecule is CC(C)C(CN)C(=O)Nc1nnns1. The predicted octanol–water partition coefficient (Wildman–Crippen LogP) is 0.102. The molecule has 0 saturated carbocycles.